The van der Waals surface area contributed by atoms with E-state index in [1.807, 2.05) is 6.07 Å². The molecule has 2 nitrogen and oxygen atoms in total. The Hall–Kier alpha value is -0.930. The van der Waals surface area contributed by atoms with Gasteiger partial charge in [-0.25, -0.2) is 4.39 Å². The van der Waals surface area contributed by atoms with Gasteiger partial charge in [-0.3, -0.25) is 4.90 Å². The van der Waals surface area contributed by atoms with Crippen LogP contribution in [0.2, 0.25) is 0 Å². The molecule has 0 aromatic heterocycles. The summed E-state index contributed by atoms with van der Waals surface area (Å²) in [6, 6.07) is 5.64. The molecule has 1 aliphatic carbocycles. The lowest BCUT2D eigenvalue weighted by atomic mass is 10.1. The van der Waals surface area contributed by atoms with Crippen molar-refractivity contribution < 1.29 is 4.39 Å². The van der Waals surface area contributed by atoms with E-state index in [1.54, 1.807) is 6.07 Å². The summed E-state index contributed by atoms with van der Waals surface area (Å²) in [4.78, 5) is 2.47. The molecule has 0 unspecified atom stereocenters. The van der Waals surface area contributed by atoms with Crippen molar-refractivity contribution in [3.8, 4) is 0 Å². The van der Waals surface area contributed by atoms with Gasteiger partial charge in [-0.15, -0.1) is 0 Å². The second kappa shape index (κ2) is 5.81. The van der Waals surface area contributed by atoms with E-state index < -0.39 is 0 Å². The number of halogens is 1. The quantitative estimate of drug-likeness (QED) is 0.841. The second-order valence-electron chi connectivity index (χ2n) is 5.67. The zero-order valence-electron chi connectivity index (χ0n) is 11.3. The molecule has 0 atom stereocenters. The molecule has 1 aliphatic rings. The zero-order valence-corrected chi connectivity index (χ0v) is 11.3. The summed E-state index contributed by atoms with van der Waals surface area (Å²) in [5, 5.41) is 0. The number of hydrogen-bond donors (Lipinski definition) is 1. The summed E-state index contributed by atoms with van der Waals surface area (Å²) in [6.07, 6.45) is 2.56. The van der Waals surface area contributed by atoms with Crippen LogP contribution in [-0.2, 0) is 13.1 Å². The minimum atomic E-state index is -0.164. The van der Waals surface area contributed by atoms with Gasteiger partial charge in [0, 0.05) is 25.7 Å². The molecular weight excluding hydrogens is 227 g/mol. The van der Waals surface area contributed by atoms with Gasteiger partial charge >= 0.3 is 0 Å². The fourth-order valence-electron chi connectivity index (χ4n) is 2.41. The van der Waals surface area contributed by atoms with Crippen LogP contribution in [0.25, 0.3) is 0 Å². The van der Waals surface area contributed by atoms with Gasteiger partial charge < -0.3 is 5.73 Å². The van der Waals surface area contributed by atoms with Crippen molar-refractivity contribution in [1.29, 1.82) is 0 Å². The topological polar surface area (TPSA) is 29.3 Å². The Bertz CT molecular complexity index is 399. The first kappa shape index (κ1) is 13.5. The highest BCUT2D eigenvalue weighted by atomic mass is 19.1. The second-order valence-corrected chi connectivity index (χ2v) is 5.67. The van der Waals surface area contributed by atoms with Crippen LogP contribution in [0.5, 0.6) is 0 Å². The molecule has 18 heavy (non-hydrogen) atoms. The molecule has 1 fully saturated rings. The molecule has 0 spiro atoms. The largest absolute Gasteiger partial charge is 0.326 e. The number of benzene rings is 1. The van der Waals surface area contributed by atoms with Gasteiger partial charge in [0.1, 0.15) is 5.82 Å². The molecule has 0 amide bonds. The van der Waals surface area contributed by atoms with Crippen LogP contribution in [0.3, 0.4) is 0 Å². The SMILES string of the molecule is CC(C)CN(Cc1cc(F)ccc1CN)C1CC1. The van der Waals surface area contributed by atoms with E-state index in [-0.39, 0.29) is 5.82 Å². The first-order valence-corrected chi connectivity index (χ1v) is 6.81. The van der Waals surface area contributed by atoms with Crippen LogP contribution >= 0.6 is 0 Å². The molecule has 1 aromatic carbocycles. The Morgan fingerprint density at radius 1 is 1.33 bits per heavy atom. The predicted octanol–water partition coefficient (Wildman–Crippen LogP) is 2.90. The van der Waals surface area contributed by atoms with Gasteiger partial charge in [-0.2, -0.15) is 0 Å². The van der Waals surface area contributed by atoms with Crippen LogP contribution in [-0.4, -0.2) is 17.5 Å². The first-order valence-electron chi connectivity index (χ1n) is 6.81. The molecule has 2 N–H and O–H groups in total. The summed E-state index contributed by atoms with van der Waals surface area (Å²) >= 11 is 0. The maximum Gasteiger partial charge on any atom is 0.123 e. The van der Waals surface area contributed by atoms with Crippen LogP contribution in [0.4, 0.5) is 4.39 Å². The molecule has 100 valence electrons. The summed E-state index contributed by atoms with van der Waals surface area (Å²) in [5.74, 6) is 0.475. The number of nitrogens with zero attached hydrogens (tertiary/aromatic N) is 1. The molecule has 0 saturated heterocycles. The van der Waals surface area contributed by atoms with Gasteiger partial charge in [-0.1, -0.05) is 19.9 Å². The molecule has 0 bridgehead atoms. The van der Waals surface area contributed by atoms with E-state index in [0.717, 1.165) is 24.2 Å². The Kier molecular flexibility index (Phi) is 4.36. The number of rotatable bonds is 6. The summed E-state index contributed by atoms with van der Waals surface area (Å²) in [6.45, 7) is 6.84. The third kappa shape index (κ3) is 3.53. The van der Waals surface area contributed by atoms with E-state index in [4.69, 9.17) is 5.73 Å². The molecule has 3 heteroatoms. The van der Waals surface area contributed by atoms with Gasteiger partial charge in [0.25, 0.3) is 0 Å². The molecule has 1 saturated carbocycles. The maximum absolute atomic E-state index is 13.4. The van der Waals surface area contributed by atoms with E-state index in [9.17, 15) is 4.39 Å². The van der Waals surface area contributed by atoms with E-state index in [2.05, 4.69) is 18.7 Å². The normalized spacial score (nSPS) is 15.7. The summed E-state index contributed by atoms with van der Waals surface area (Å²) in [5.41, 5.74) is 7.84. The lowest BCUT2D eigenvalue weighted by Gasteiger charge is -2.25. The Morgan fingerprint density at radius 2 is 2.06 bits per heavy atom. The van der Waals surface area contributed by atoms with Crippen molar-refractivity contribution in [2.24, 2.45) is 11.7 Å². The minimum Gasteiger partial charge on any atom is -0.326 e. The molecule has 0 radical (unpaired) electrons. The van der Waals surface area contributed by atoms with E-state index >= 15 is 0 Å². The van der Waals surface area contributed by atoms with Gasteiger partial charge in [0.2, 0.25) is 0 Å². The van der Waals surface area contributed by atoms with Crippen LogP contribution in [0, 0.1) is 11.7 Å². The molecule has 0 heterocycles. The van der Waals surface area contributed by atoms with E-state index in [1.165, 1.54) is 18.9 Å². The molecular formula is C15H23FN2. The van der Waals surface area contributed by atoms with Crippen LogP contribution in [0.1, 0.15) is 37.8 Å². The van der Waals surface area contributed by atoms with E-state index in [0.29, 0.717) is 18.5 Å². The smallest absolute Gasteiger partial charge is 0.123 e. The molecule has 0 aliphatic heterocycles. The standard InChI is InChI=1S/C15H23FN2/c1-11(2)9-18(15-5-6-15)10-13-7-14(16)4-3-12(13)8-17/h3-4,7,11,15H,5-6,8-10,17H2,1-2H3. The lowest BCUT2D eigenvalue weighted by molar-refractivity contribution is 0.225. The average Bonchev–Trinajstić information content (AvgIpc) is 3.11. The Labute approximate surface area is 109 Å². The third-order valence-electron chi connectivity index (χ3n) is 3.42. The van der Waals surface area contributed by atoms with Crippen LogP contribution < -0.4 is 5.73 Å². The Morgan fingerprint density at radius 3 is 2.61 bits per heavy atom. The number of hydrogen-bond acceptors (Lipinski definition) is 2. The zero-order chi connectivity index (χ0) is 13.1. The summed E-state index contributed by atoms with van der Waals surface area (Å²) in [7, 11) is 0. The van der Waals surface area contributed by atoms with Gasteiger partial charge in [0.15, 0.2) is 0 Å². The highest BCUT2D eigenvalue weighted by molar-refractivity contribution is 5.28. The number of nitrogens with two attached hydrogens (primary N) is 1. The maximum atomic E-state index is 13.4. The predicted molar refractivity (Wildman–Crippen MR) is 72.6 cm³/mol. The highest BCUT2D eigenvalue weighted by Gasteiger charge is 2.29. The summed E-state index contributed by atoms with van der Waals surface area (Å²) < 4.78 is 13.4. The minimum absolute atomic E-state index is 0.164. The molecule has 2 rings (SSSR count). The Balaban J connectivity index is 2.12. The van der Waals surface area contributed by atoms with Crippen molar-refractivity contribution in [2.45, 2.75) is 45.8 Å². The average molecular weight is 250 g/mol. The van der Waals surface area contributed by atoms with Crippen molar-refractivity contribution >= 4 is 0 Å². The fraction of sp³-hybridized carbons (Fsp3) is 0.600. The van der Waals surface area contributed by atoms with Gasteiger partial charge in [0.05, 0.1) is 0 Å². The third-order valence-corrected chi connectivity index (χ3v) is 3.42. The van der Waals surface area contributed by atoms with Crippen molar-refractivity contribution in [3.63, 3.8) is 0 Å². The van der Waals surface area contributed by atoms with Gasteiger partial charge in [-0.05, 0) is 42.0 Å². The van der Waals surface area contributed by atoms with Crippen molar-refractivity contribution in [2.75, 3.05) is 6.54 Å². The van der Waals surface area contributed by atoms with Crippen molar-refractivity contribution in [1.82, 2.24) is 4.90 Å². The fourth-order valence-corrected chi connectivity index (χ4v) is 2.41. The molecule has 1 aromatic rings. The first-order chi connectivity index (χ1) is 8.60. The van der Waals surface area contributed by atoms with Crippen LogP contribution in [0.15, 0.2) is 18.2 Å². The monoisotopic (exact) mass is 250 g/mol. The van der Waals surface area contributed by atoms with Crippen molar-refractivity contribution in [3.05, 3.63) is 35.1 Å². The highest BCUT2D eigenvalue weighted by Crippen LogP contribution is 2.29. The lowest BCUT2D eigenvalue weighted by Crippen LogP contribution is -2.30.